The molecule has 0 radical (unpaired) electrons. The van der Waals surface area contributed by atoms with Crippen LogP contribution in [0.25, 0.3) is 0 Å². The molecule has 3 N–H and O–H groups in total. The first kappa shape index (κ1) is 32.1. The molecule has 1 aromatic carbocycles. The summed E-state index contributed by atoms with van der Waals surface area (Å²) in [6.45, 7) is 9.45. The summed E-state index contributed by atoms with van der Waals surface area (Å²) >= 11 is 0. The third-order valence-electron chi connectivity index (χ3n) is 8.31. The number of hydrogen-bond acceptors (Lipinski definition) is 5. The molecule has 1 unspecified atom stereocenters. The molecule has 2 aliphatic rings. The average Bonchev–Trinajstić information content (AvgIpc) is 2.97. The van der Waals surface area contributed by atoms with Gasteiger partial charge in [-0.25, -0.2) is 4.79 Å². The van der Waals surface area contributed by atoms with Crippen LogP contribution < -0.4 is 16.0 Å². The molecule has 7 atom stereocenters. The highest BCUT2D eigenvalue weighted by Crippen LogP contribution is 2.28. The van der Waals surface area contributed by atoms with Crippen molar-refractivity contribution in [1.29, 1.82) is 0 Å². The maximum absolute atomic E-state index is 13.4. The molecule has 3 rings (SSSR count). The van der Waals surface area contributed by atoms with E-state index in [1.165, 1.54) is 5.56 Å². The van der Waals surface area contributed by atoms with Crippen molar-refractivity contribution in [2.45, 2.75) is 110 Å². The largest absolute Gasteiger partial charge is 0.460 e. The first-order valence-corrected chi connectivity index (χ1v) is 15.2. The standard InChI is InChI=1S/C33H47N3O5/c1-6-8-12-22(4)28-20-29(37)35-27(19-24-15-17-26(18-16-24)25-13-10-9-11-14-25)32(39)34-23(5)31(38)36-30(21(3)7-2)33(40)41-28/h9-11,13-17,21-23,26-28,30H,6-8,12,18-20H2,1-5H3,(H,34,39)(H,35,37)(H,36,38)/t21-,22+,23+,26?,27-,28+,30-/m1/s1. The Morgan fingerprint density at radius 2 is 1.68 bits per heavy atom. The van der Waals surface area contributed by atoms with Gasteiger partial charge in [-0.1, -0.05) is 95.5 Å². The van der Waals surface area contributed by atoms with Crippen LogP contribution in [-0.2, 0) is 23.9 Å². The summed E-state index contributed by atoms with van der Waals surface area (Å²) in [5.74, 6) is -1.81. The first-order chi connectivity index (χ1) is 19.6. The molecule has 1 fully saturated rings. The first-order valence-electron chi connectivity index (χ1n) is 15.2. The molecule has 0 aromatic heterocycles. The maximum Gasteiger partial charge on any atom is 0.329 e. The van der Waals surface area contributed by atoms with Crippen molar-refractivity contribution in [2.75, 3.05) is 0 Å². The van der Waals surface area contributed by atoms with Crippen LogP contribution in [0, 0.1) is 11.8 Å². The highest BCUT2D eigenvalue weighted by atomic mass is 16.5. The monoisotopic (exact) mass is 565 g/mol. The molecule has 1 aromatic rings. The van der Waals surface area contributed by atoms with Crippen LogP contribution in [0.3, 0.4) is 0 Å². The molecule has 0 bridgehead atoms. The Labute approximate surface area is 244 Å². The lowest BCUT2D eigenvalue weighted by Gasteiger charge is -2.29. The second kappa shape index (κ2) is 15.5. The predicted molar refractivity (Wildman–Crippen MR) is 160 cm³/mol. The summed E-state index contributed by atoms with van der Waals surface area (Å²) in [5, 5.41) is 8.43. The van der Waals surface area contributed by atoms with Gasteiger partial charge in [0.05, 0.1) is 6.42 Å². The summed E-state index contributed by atoms with van der Waals surface area (Å²) < 4.78 is 5.94. The zero-order chi connectivity index (χ0) is 29.9. The van der Waals surface area contributed by atoms with E-state index in [-0.39, 0.29) is 36.5 Å². The number of rotatable bonds is 9. The van der Waals surface area contributed by atoms with E-state index in [1.807, 2.05) is 45.0 Å². The summed E-state index contributed by atoms with van der Waals surface area (Å²) in [7, 11) is 0. The molecule has 1 saturated heterocycles. The van der Waals surface area contributed by atoms with E-state index >= 15 is 0 Å². The fraction of sp³-hybridized carbons (Fsp3) is 0.576. The lowest BCUT2D eigenvalue weighted by Crippen LogP contribution is -2.55. The number of benzene rings is 1. The topological polar surface area (TPSA) is 114 Å². The summed E-state index contributed by atoms with van der Waals surface area (Å²) in [5.41, 5.74) is 2.16. The van der Waals surface area contributed by atoms with E-state index in [4.69, 9.17) is 4.74 Å². The minimum atomic E-state index is -0.903. The maximum atomic E-state index is 13.4. The van der Waals surface area contributed by atoms with E-state index < -0.39 is 42.0 Å². The number of esters is 1. The lowest BCUT2D eigenvalue weighted by atomic mass is 9.88. The number of allylic oxidation sites excluding steroid dienone is 3. The van der Waals surface area contributed by atoms with Crippen molar-refractivity contribution in [3.63, 3.8) is 0 Å². The van der Waals surface area contributed by atoms with Gasteiger partial charge in [0.1, 0.15) is 24.2 Å². The minimum Gasteiger partial charge on any atom is -0.460 e. The van der Waals surface area contributed by atoms with Gasteiger partial charge in [0.2, 0.25) is 17.7 Å². The molecular weight excluding hydrogens is 518 g/mol. The molecule has 3 amide bonds. The Hall–Kier alpha value is -3.42. The van der Waals surface area contributed by atoms with Crippen LogP contribution in [0.15, 0.2) is 54.1 Å². The normalized spacial score (nSPS) is 27.5. The molecule has 1 heterocycles. The molecule has 8 nitrogen and oxygen atoms in total. The molecule has 8 heteroatoms. The van der Waals surface area contributed by atoms with Crippen LogP contribution >= 0.6 is 0 Å². The second-order valence-corrected chi connectivity index (χ2v) is 11.6. The number of carbonyl (C=O) groups is 4. The fourth-order valence-corrected chi connectivity index (χ4v) is 5.26. The number of ether oxygens (including phenoxy) is 1. The van der Waals surface area contributed by atoms with Gasteiger partial charge < -0.3 is 20.7 Å². The van der Waals surface area contributed by atoms with Crippen LogP contribution in [-0.4, -0.2) is 47.9 Å². The van der Waals surface area contributed by atoms with Gasteiger partial charge in [0, 0.05) is 12.3 Å². The average molecular weight is 566 g/mol. The number of cyclic esters (lactones) is 1. The molecule has 1 aliphatic heterocycles. The highest BCUT2D eigenvalue weighted by molar-refractivity contribution is 5.94. The van der Waals surface area contributed by atoms with Crippen LogP contribution in [0.5, 0.6) is 0 Å². The predicted octanol–water partition coefficient (Wildman–Crippen LogP) is 4.71. The number of nitrogens with one attached hydrogen (secondary N) is 3. The summed E-state index contributed by atoms with van der Waals surface area (Å²) in [6, 6.07) is 7.57. The van der Waals surface area contributed by atoms with E-state index in [2.05, 4.69) is 47.2 Å². The number of hydrogen-bond donors (Lipinski definition) is 3. The molecule has 0 spiro atoms. The molecule has 41 heavy (non-hydrogen) atoms. The van der Waals surface area contributed by atoms with Crippen molar-refractivity contribution in [3.8, 4) is 0 Å². The zero-order valence-corrected chi connectivity index (χ0v) is 25.2. The Morgan fingerprint density at radius 1 is 0.951 bits per heavy atom. The highest BCUT2D eigenvalue weighted by Gasteiger charge is 2.35. The number of unbranched alkanes of at least 4 members (excludes halogenated alkanes) is 1. The van der Waals surface area contributed by atoms with Crippen LogP contribution in [0.1, 0.15) is 91.0 Å². The molecular formula is C33H47N3O5. The van der Waals surface area contributed by atoms with Gasteiger partial charge in [-0.05, 0) is 42.7 Å². The van der Waals surface area contributed by atoms with Gasteiger partial charge in [0.15, 0.2) is 0 Å². The second-order valence-electron chi connectivity index (χ2n) is 11.6. The Morgan fingerprint density at radius 3 is 2.32 bits per heavy atom. The van der Waals surface area contributed by atoms with E-state index in [0.717, 1.165) is 31.3 Å². The van der Waals surface area contributed by atoms with Crippen molar-refractivity contribution < 1.29 is 23.9 Å². The molecule has 0 saturated carbocycles. The fourth-order valence-electron chi connectivity index (χ4n) is 5.26. The Balaban J connectivity index is 1.83. The van der Waals surface area contributed by atoms with Crippen molar-refractivity contribution in [3.05, 3.63) is 59.7 Å². The van der Waals surface area contributed by atoms with Crippen molar-refractivity contribution in [1.82, 2.24) is 16.0 Å². The van der Waals surface area contributed by atoms with Gasteiger partial charge in [-0.2, -0.15) is 0 Å². The lowest BCUT2D eigenvalue weighted by molar-refractivity contribution is -0.158. The van der Waals surface area contributed by atoms with Crippen molar-refractivity contribution >= 4 is 23.7 Å². The van der Waals surface area contributed by atoms with E-state index in [9.17, 15) is 19.2 Å². The third-order valence-corrected chi connectivity index (χ3v) is 8.31. The van der Waals surface area contributed by atoms with Crippen LogP contribution in [0.2, 0.25) is 0 Å². The van der Waals surface area contributed by atoms with Crippen LogP contribution in [0.4, 0.5) is 0 Å². The minimum absolute atomic E-state index is 0.0535. The zero-order valence-electron chi connectivity index (χ0n) is 25.2. The summed E-state index contributed by atoms with van der Waals surface area (Å²) in [6.07, 6.45) is 9.95. The van der Waals surface area contributed by atoms with Gasteiger partial charge in [-0.3, -0.25) is 14.4 Å². The van der Waals surface area contributed by atoms with Crippen molar-refractivity contribution in [2.24, 2.45) is 11.8 Å². The third kappa shape index (κ3) is 9.30. The molecule has 1 aliphatic carbocycles. The SMILES string of the molecule is CCCC[C@H](C)[C@@H]1CC(=O)N[C@H](CC2=CCC(c3ccccc3)C=C2)C(=O)N[C@@H](C)C(=O)N[C@H]([C@H](C)CC)C(=O)O1. The quantitative estimate of drug-likeness (QED) is 0.376. The van der Waals surface area contributed by atoms with Gasteiger partial charge in [0.25, 0.3) is 0 Å². The smallest absolute Gasteiger partial charge is 0.329 e. The number of amides is 3. The van der Waals surface area contributed by atoms with Gasteiger partial charge >= 0.3 is 5.97 Å². The molecule has 224 valence electrons. The van der Waals surface area contributed by atoms with Gasteiger partial charge in [-0.15, -0.1) is 0 Å². The number of carbonyl (C=O) groups excluding carboxylic acids is 4. The Bertz CT molecular complexity index is 1120. The summed E-state index contributed by atoms with van der Waals surface area (Å²) in [4.78, 5) is 53.1. The van der Waals surface area contributed by atoms with E-state index in [1.54, 1.807) is 6.92 Å². The Kier molecular flexibility index (Phi) is 12.2. The van der Waals surface area contributed by atoms with E-state index in [0.29, 0.717) is 6.42 Å².